The number of aliphatic hydroxyl groups excluding tert-OH is 2. The first-order valence-corrected chi connectivity index (χ1v) is 6.74. The molecular formula is C13H16FN3O6. The summed E-state index contributed by atoms with van der Waals surface area (Å²) in [6.07, 6.45) is -6.98. The average molecular weight is 329 g/mol. The number of nitrogens with two attached hydrogens (primary N) is 1. The number of alkyl halides is 1. The van der Waals surface area contributed by atoms with E-state index in [1.54, 1.807) is 6.07 Å². The Kier molecular flexibility index (Phi) is 5.44. The van der Waals surface area contributed by atoms with Gasteiger partial charge in [0.2, 0.25) is 0 Å². The number of nitrogens with zero attached hydrogens (tertiary/aromatic N) is 2. The van der Waals surface area contributed by atoms with E-state index in [0.29, 0.717) is 0 Å². The number of benzene rings is 1. The lowest BCUT2D eigenvalue weighted by atomic mass is 9.84. The first kappa shape index (κ1) is 17.5. The lowest BCUT2D eigenvalue weighted by Gasteiger charge is -2.45. The molecule has 1 aliphatic heterocycles. The van der Waals surface area contributed by atoms with Crippen molar-refractivity contribution in [3.8, 4) is 0 Å². The fourth-order valence-corrected chi connectivity index (χ4v) is 2.64. The van der Waals surface area contributed by atoms with E-state index in [0.717, 1.165) is 0 Å². The minimum atomic E-state index is -2.66. The van der Waals surface area contributed by atoms with Crippen molar-refractivity contribution >= 4 is 0 Å². The van der Waals surface area contributed by atoms with Gasteiger partial charge in [-0.15, -0.1) is 4.91 Å². The Labute approximate surface area is 130 Å². The minimum Gasteiger partial charge on any atom is -0.394 e. The van der Waals surface area contributed by atoms with E-state index in [9.17, 15) is 24.4 Å². The highest BCUT2D eigenvalue weighted by Crippen LogP contribution is 2.44. The highest BCUT2D eigenvalue weighted by Gasteiger charge is 2.62. The van der Waals surface area contributed by atoms with Gasteiger partial charge in [-0.3, -0.25) is 4.84 Å². The second-order valence-corrected chi connectivity index (χ2v) is 5.10. The molecule has 1 saturated heterocycles. The monoisotopic (exact) mass is 329 g/mol. The summed E-state index contributed by atoms with van der Waals surface area (Å²) in [5, 5.41) is 24.8. The molecule has 1 unspecified atom stereocenters. The van der Waals surface area contributed by atoms with Gasteiger partial charge in [0, 0.05) is 0 Å². The first-order valence-electron chi connectivity index (χ1n) is 6.74. The molecule has 23 heavy (non-hydrogen) atoms. The summed E-state index contributed by atoms with van der Waals surface area (Å²) in [5.74, 6) is 5.01. The summed E-state index contributed by atoms with van der Waals surface area (Å²) >= 11 is 0. The average Bonchev–Trinajstić information content (AvgIpc) is 2.61. The number of halogens is 1. The van der Waals surface area contributed by atoms with Crippen LogP contribution in [0, 0.1) is 9.81 Å². The molecule has 0 bridgehead atoms. The molecule has 1 aromatic rings. The second kappa shape index (κ2) is 7.15. The van der Waals surface area contributed by atoms with Crippen LogP contribution >= 0.6 is 0 Å². The molecule has 1 heterocycles. The number of ether oxygens (including phenoxy) is 1. The highest BCUT2D eigenvalue weighted by atomic mass is 19.1. The molecule has 0 spiro atoms. The van der Waals surface area contributed by atoms with Crippen LogP contribution in [0.2, 0.25) is 0 Å². The topological polar surface area (TPSA) is 144 Å². The number of rotatable bonds is 6. The zero-order valence-electron chi connectivity index (χ0n) is 11.9. The molecule has 10 heteroatoms. The van der Waals surface area contributed by atoms with Gasteiger partial charge in [-0.2, -0.15) is 4.91 Å². The van der Waals surface area contributed by atoms with Crippen LogP contribution < -0.4 is 5.90 Å². The summed E-state index contributed by atoms with van der Waals surface area (Å²) < 4.78 is 20.1. The third-order valence-electron chi connectivity index (χ3n) is 3.85. The van der Waals surface area contributed by atoms with Crippen LogP contribution in [0.1, 0.15) is 11.7 Å². The van der Waals surface area contributed by atoms with E-state index in [-0.39, 0.29) is 5.56 Å². The maximum atomic E-state index is 14.9. The van der Waals surface area contributed by atoms with Crippen molar-refractivity contribution < 1.29 is 24.2 Å². The molecule has 0 aromatic heterocycles. The van der Waals surface area contributed by atoms with Crippen LogP contribution in [-0.4, -0.2) is 46.9 Å². The van der Waals surface area contributed by atoms with Gasteiger partial charge in [0.15, 0.2) is 12.2 Å². The summed E-state index contributed by atoms with van der Waals surface area (Å²) in [5.41, 5.74) is -2.66. The SMILES string of the molecule is NO[C@H]1[C@H](N=O)[C@@H](O)[C@](N=O)(C(F)c2ccccc2)O[C@@H]1CO. The maximum absolute atomic E-state index is 14.9. The van der Waals surface area contributed by atoms with E-state index in [1.165, 1.54) is 24.3 Å². The summed E-state index contributed by atoms with van der Waals surface area (Å²) in [7, 11) is 0. The van der Waals surface area contributed by atoms with Crippen molar-refractivity contribution in [1.82, 2.24) is 0 Å². The Balaban J connectivity index is 2.47. The summed E-state index contributed by atoms with van der Waals surface area (Å²) in [6, 6.07) is 5.72. The molecule has 9 nitrogen and oxygen atoms in total. The Morgan fingerprint density at radius 3 is 2.52 bits per heavy atom. The zero-order valence-corrected chi connectivity index (χ0v) is 11.9. The molecule has 1 fully saturated rings. The fraction of sp³-hybridized carbons (Fsp3) is 0.538. The van der Waals surface area contributed by atoms with Gasteiger partial charge < -0.3 is 14.9 Å². The predicted molar refractivity (Wildman–Crippen MR) is 75.4 cm³/mol. The van der Waals surface area contributed by atoms with Crippen LogP contribution in [0.15, 0.2) is 40.7 Å². The van der Waals surface area contributed by atoms with Crippen LogP contribution in [-0.2, 0) is 9.57 Å². The molecule has 4 N–H and O–H groups in total. The molecule has 0 saturated carbocycles. The van der Waals surface area contributed by atoms with E-state index >= 15 is 0 Å². The van der Waals surface area contributed by atoms with Gasteiger partial charge in [-0.05, 0) is 10.7 Å². The standard InChI is InChI=1S/C13H16FN3O6/c14-11(7-4-2-1-3-5-7)13(17-21)12(19)9(16-20)10(23-15)8(6-18)22-13/h1-5,8-12,18-19H,6,15H2/t8-,9+,10-,11?,12-,13+/m1/s1. The van der Waals surface area contributed by atoms with Gasteiger partial charge in [0.1, 0.15) is 18.3 Å². The molecule has 0 aliphatic carbocycles. The first-order chi connectivity index (χ1) is 11.1. The molecule has 6 atom stereocenters. The second-order valence-electron chi connectivity index (χ2n) is 5.10. The van der Waals surface area contributed by atoms with Gasteiger partial charge >= 0.3 is 0 Å². The van der Waals surface area contributed by atoms with Crippen molar-refractivity contribution in [3.63, 3.8) is 0 Å². The quantitative estimate of drug-likeness (QED) is 0.503. The molecule has 1 aliphatic rings. The van der Waals surface area contributed by atoms with Crippen molar-refractivity contribution in [2.45, 2.75) is 36.3 Å². The largest absolute Gasteiger partial charge is 0.394 e. The highest BCUT2D eigenvalue weighted by molar-refractivity contribution is 5.23. The van der Waals surface area contributed by atoms with Crippen LogP contribution in [0.4, 0.5) is 4.39 Å². The third-order valence-corrected chi connectivity index (χ3v) is 3.85. The van der Waals surface area contributed by atoms with Gasteiger partial charge in [-0.25, -0.2) is 10.3 Å². The van der Waals surface area contributed by atoms with Gasteiger partial charge in [0.05, 0.1) is 6.61 Å². The number of hydrogen-bond acceptors (Lipinski definition) is 9. The van der Waals surface area contributed by atoms with Crippen LogP contribution in [0.3, 0.4) is 0 Å². The van der Waals surface area contributed by atoms with Crippen LogP contribution in [0.5, 0.6) is 0 Å². The van der Waals surface area contributed by atoms with Crippen molar-refractivity contribution in [1.29, 1.82) is 0 Å². The zero-order chi connectivity index (χ0) is 17.0. The number of aliphatic hydroxyl groups is 2. The van der Waals surface area contributed by atoms with E-state index in [4.69, 9.17) is 10.6 Å². The molecule has 126 valence electrons. The van der Waals surface area contributed by atoms with Crippen molar-refractivity contribution in [3.05, 3.63) is 45.7 Å². The van der Waals surface area contributed by atoms with Crippen molar-refractivity contribution in [2.75, 3.05) is 6.61 Å². The van der Waals surface area contributed by atoms with E-state index in [2.05, 4.69) is 15.2 Å². The third kappa shape index (κ3) is 2.86. The Bertz CT molecular complexity index is 550. The van der Waals surface area contributed by atoms with E-state index in [1.807, 2.05) is 0 Å². The lowest BCUT2D eigenvalue weighted by Crippen LogP contribution is -2.66. The molecule has 0 radical (unpaired) electrons. The van der Waals surface area contributed by atoms with Gasteiger partial charge in [0.25, 0.3) is 5.72 Å². The lowest BCUT2D eigenvalue weighted by molar-refractivity contribution is -0.269. The normalized spacial score (nSPS) is 35.5. The summed E-state index contributed by atoms with van der Waals surface area (Å²) in [6.45, 7) is -0.751. The Morgan fingerprint density at radius 1 is 1.39 bits per heavy atom. The predicted octanol–water partition coefficient (Wildman–Crippen LogP) is 0.306. The number of nitroso groups, excluding NO2 is 2. The summed E-state index contributed by atoms with van der Waals surface area (Å²) in [4.78, 5) is 26.9. The Hall–Kier alpha value is -1.85. The molecule has 2 rings (SSSR count). The fourth-order valence-electron chi connectivity index (χ4n) is 2.64. The van der Waals surface area contributed by atoms with Crippen LogP contribution in [0.25, 0.3) is 0 Å². The van der Waals surface area contributed by atoms with Crippen molar-refractivity contribution in [2.24, 2.45) is 16.3 Å². The molecular weight excluding hydrogens is 313 g/mol. The molecule has 0 amide bonds. The maximum Gasteiger partial charge on any atom is 0.264 e. The van der Waals surface area contributed by atoms with E-state index < -0.39 is 42.9 Å². The number of hydrogen-bond donors (Lipinski definition) is 3. The van der Waals surface area contributed by atoms with Gasteiger partial charge in [-0.1, -0.05) is 35.5 Å². The molecule has 1 aromatic carbocycles. The smallest absolute Gasteiger partial charge is 0.264 e. The Morgan fingerprint density at radius 2 is 2.04 bits per heavy atom. The minimum absolute atomic E-state index is 0.000365.